The van der Waals surface area contributed by atoms with E-state index in [4.69, 9.17) is 5.73 Å². The zero-order chi connectivity index (χ0) is 19.7. The van der Waals surface area contributed by atoms with Crippen LogP contribution in [0.2, 0.25) is 0 Å². The van der Waals surface area contributed by atoms with Gasteiger partial charge in [0.25, 0.3) is 0 Å². The second kappa shape index (κ2) is 7.29. The molecule has 0 radical (unpaired) electrons. The van der Waals surface area contributed by atoms with Crippen LogP contribution in [0.1, 0.15) is 37.4 Å². The molecule has 0 aliphatic heterocycles. The molecule has 1 aliphatic carbocycles. The minimum atomic E-state index is -0.156. The van der Waals surface area contributed by atoms with Crippen LogP contribution in [0.5, 0.6) is 0 Å². The lowest BCUT2D eigenvalue weighted by atomic mass is 9.82. The van der Waals surface area contributed by atoms with E-state index in [1.165, 1.54) is 0 Å². The van der Waals surface area contributed by atoms with Crippen LogP contribution >= 0.6 is 0 Å². The van der Waals surface area contributed by atoms with E-state index in [1.807, 2.05) is 43.3 Å². The van der Waals surface area contributed by atoms with Crippen LogP contribution in [0.3, 0.4) is 0 Å². The number of hydrogen-bond donors (Lipinski definition) is 3. The highest BCUT2D eigenvalue weighted by molar-refractivity contribution is 6.32. The van der Waals surface area contributed by atoms with Crippen LogP contribution in [0.15, 0.2) is 60.7 Å². The second-order valence-electron chi connectivity index (χ2n) is 6.82. The first-order valence-electron chi connectivity index (χ1n) is 9.23. The molecule has 0 aromatic heterocycles. The van der Waals surface area contributed by atoms with Crippen LogP contribution in [-0.4, -0.2) is 24.7 Å². The van der Waals surface area contributed by atoms with Gasteiger partial charge in [-0.05, 0) is 31.2 Å². The van der Waals surface area contributed by atoms with E-state index in [-0.39, 0.29) is 11.6 Å². The quantitative estimate of drug-likeness (QED) is 0.496. The average molecular weight is 371 g/mol. The lowest BCUT2D eigenvalue weighted by molar-refractivity contribution is 0.0980. The molecule has 3 aromatic carbocycles. The smallest absolute Gasteiger partial charge is 0.196 e. The summed E-state index contributed by atoms with van der Waals surface area (Å²) >= 11 is 0. The van der Waals surface area contributed by atoms with Crippen molar-refractivity contribution in [3.63, 3.8) is 0 Å². The highest BCUT2D eigenvalue weighted by atomic mass is 16.1. The third-order valence-corrected chi connectivity index (χ3v) is 4.87. The molecule has 28 heavy (non-hydrogen) atoms. The predicted octanol–water partition coefficient (Wildman–Crippen LogP) is 3.88. The zero-order valence-electron chi connectivity index (χ0n) is 15.6. The molecule has 3 aromatic rings. The van der Waals surface area contributed by atoms with Gasteiger partial charge >= 0.3 is 0 Å². The number of hydrogen-bond acceptors (Lipinski definition) is 5. The van der Waals surface area contributed by atoms with Gasteiger partial charge in [0, 0.05) is 35.6 Å². The van der Waals surface area contributed by atoms with Crippen molar-refractivity contribution in [1.82, 2.24) is 0 Å². The normalized spacial score (nSPS) is 12.4. The van der Waals surface area contributed by atoms with E-state index < -0.39 is 0 Å². The highest BCUT2D eigenvalue weighted by Crippen LogP contribution is 2.37. The first-order chi connectivity index (χ1) is 13.6. The van der Waals surface area contributed by atoms with Gasteiger partial charge < -0.3 is 16.4 Å². The first-order valence-corrected chi connectivity index (χ1v) is 9.23. The molecule has 4 N–H and O–H groups in total. The van der Waals surface area contributed by atoms with Gasteiger partial charge in [0.1, 0.15) is 0 Å². The molecule has 1 aliphatic rings. The van der Waals surface area contributed by atoms with Crippen molar-refractivity contribution in [2.75, 3.05) is 23.7 Å². The van der Waals surface area contributed by atoms with Crippen LogP contribution in [0.4, 0.5) is 17.1 Å². The van der Waals surface area contributed by atoms with Gasteiger partial charge in [-0.2, -0.15) is 0 Å². The molecular formula is C23H21N3O2. The monoisotopic (exact) mass is 371 g/mol. The molecule has 0 fully saturated rings. The molecule has 0 spiro atoms. The lowest BCUT2D eigenvalue weighted by Crippen LogP contribution is -2.24. The molecule has 0 saturated heterocycles. The Labute approximate surface area is 163 Å². The number of nitrogens with two attached hydrogens (primary N) is 1. The van der Waals surface area contributed by atoms with Crippen molar-refractivity contribution in [2.45, 2.75) is 6.92 Å². The summed E-state index contributed by atoms with van der Waals surface area (Å²) in [5.74, 6) is -0.312. The number of ketones is 2. The summed E-state index contributed by atoms with van der Waals surface area (Å²) in [4.78, 5) is 26.5. The molecule has 0 atom stereocenters. The van der Waals surface area contributed by atoms with Crippen LogP contribution in [0.25, 0.3) is 0 Å². The van der Waals surface area contributed by atoms with E-state index >= 15 is 0 Å². The van der Waals surface area contributed by atoms with Crippen LogP contribution in [-0.2, 0) is 0 Å². The Bertz CT molecular complexity index is 1070. The molecule has 0 unspecified atom stereocenters. The van der Waals surface area contributed by atoms with Gasteiger partial charge in [0.2, 0.25) is 0 Å². The van der Waals surface area contributed by atoms with Crippen molar-refractivity contribution in [2.24, 2.45) is 5.73 Å². The SMILES string of the molecule is Cc1ccc(Nc2ccc(NCCN)c3c2C(=O)c2ccccc2C3=O)cc1. The maximum atomic E-state index is 13.3. The Kier molecular flexibility index (Phi) is 4.67. The predicted molar refractivity (Wildman–Crippen MR) is 112 cm³/mol. The topological polar surface area (TPSA) is 84.2 Å². The summed E-state index contributed by atoms with van der Waals surface area (Å²) in [5.41, 5.74) is 10.5. The van der Waals surface area contributed by atoms with Gasteiger partial charge in [-0.3, -0.25) is 9.59 Å². The highest BCUT2D eigenvalue weighted by Gasteiger charge is 2.33. The lowest BCUT2D eigenvalue weighted by Gasteiger charge is -2.24. The van der Waals surface area contributed by atoms with Gasteiger partial charge in [-0.25, -0.2) is 0 Å². The largest absolute Gasteiger partial charge is 0.383 e. The Morgan fingerprint density at radius 1 is 0.786 bits per heavy atom. The van der Waals surface area contributed by atoms with Gasteiger partial charge in [0.15, 0.2) is 11.6 Å². The number of carbonyl (C=O) groups is 2. The molecule has 5 nitrogen and oxygen atoms in total. The summed E-state index contributed by atoms with van der Waals surface area (Å²) < 4.78 is 0. The summed E-state index contributed by atoms with van der Waals surface area (Å²) in [6.07, 6.45) is 0. The third-order valence-electron chi connectivity index (χ3n) is 4.87. The summed E-state index contributed by atoms with van der Waals surface area (Å²) in [6, 6.07) is 18.5. The van der Waals surface area contributed by atoms with E-state index in [0.717, 1.165) is 11.3 Å². The fraction of sp³-hybridized carbons (Fsp3) is 0.130. The molecule has 5 heteroatoms. The molecule has 0 heterocycles. The van der Waals surface area contributed by atoms with E-state index in [2.05, 4.69) is 10.6 Å². The molecule has 0 amide bonds. The number of fused-ring (bicyclic) bond motifs is 2. The number of carbonyl (C=O) groups excluding carboxylic acids is 2. The number of nitrogens with one attached hydrogen (secondary N) is 2. The van der Waals surface area contributed by atoms with E-state index in [9.17, 15) is 9.59 Å². The molecule has 0 saturated carbocycles. The zero-order valence-corrected chi connectivity index (χ0v) is 15.6. The second-order valence-corrected chi connectivity index (χ2v) is 6.82. The van der Waals surface area contributed by atoms with Crippen LogP contribution in [0, 0.1) is 6.92 Å². The van der Waals surface area contributed by atoms with Gasteiger partial charge in [0.05, 0.1) is 16.8 Å². The third kappa shape index (κ3) is 3.06. The summed E-state index contributed by atoms with van der Waals surface area (Å²) in [5, 5.41) is 6.48. The number of rotatable bonds is 5. The van der Waals surface area contributed by atoms with Crippen LogP contribution < -0.4 is 16.4 Å². The standard InChI is InChI=1S/C23H21N3O2/c1-14-6-8-15(9-7-14)26-19-11-10-18(25-13-12-24)20-21(19)23(28)17-5-3-2-4-16(17)22(20)27/h2-11,25-26H,12-13,24H2,1H3. The Hall–Kier alpha value is -3.44. The fourth-order valence-electron chi connectivity index (χ4n) is 3.47. The Balaban J connectivity index is 1.87. The number of benzene rings is 3. The van der Waals surface area contributed by atoms with E-state index in [0.29, 0.717) is 46.7 Å². The van der Waals surface area contributed by atoms with Crippen molar-refractivity contribution in [3.8, 4) is 0 Å². The van der Waals surface area contributed by atoms with Gasteiger partial charge in [-0.15, -0.1) is 0 Å². The Morgan fingerprint density at radius 2 is 1.36 bits per heavy atom. The first kappa shape index (κ1) is 17.9. The van der Waals surface area contributed by atoms with E-state index in [1.54, 1.807) is 24.3 Å². The minimum absolute atomic E-state index is 0.155. The average Bonchev–Trinajstić information content (AvgIpc) is 2.72. The van der Waals surface area contributed by atoms with Crippen molar-refractivity contribution < 1.29 is 9.59 Å². The molecule has 140 valence electrons. The number of anilines is 3. The summed E-state index contributed by atoms with van der Waals surface area (Å²) in [6.45, 7) is 2.96. The fourth-order valence-corrected chi connectivity index (χ4v) is 3.47. The van der Waals surface area contributed by atoms with Crippen molar-refractivity contribution >= 4 is 28.6 Å². The molecular weight excluding hydrogens is 350 g/mol. The summed E-state index contributed by atoms with van der Waals surface area (Å²) in [7, 11) is 0. The Morgan fingerprint density at radius 3 is 1.96 bits per heavy atom. The maximum absolute atomic E-state index is 13.3. The molecule has 4 rings (SSSR count). The van der Waals surface area contributed by atoms with Gasteiger partial charge in [-0.1, -0.05) is 42.0 Å². The number of aryl methyl sites for hydroxylation is 1. The van der Waals surface area contributed by atoms with Crippen molar-refractivity contribution in [3.05, 3.63) is 88.5 Å². The molecule has 0 bridgehead atoms. The van der Waals surface area contributed by atoms with Crippen molar-refractivity contribution in [1.29, 1.82) is 0 Å². The minimum Gasteiger partial charge on any atom is -0.383 e. The maximum Gasteiger partial charge on any atom is 0.196 e.